The Morgan fingerprint density at radius 1 is 1.35 bits per heavy atom. The van der Waals surface area contributed by atoms with Gasteiger partial charge in [0, 0.05) is 5.54 Å². The van der Waals surface area contributed by atoms with Crippen molar-refractivity contribution in [2.45, 2.75) is 38.6 Å². The summed E-state index contributed by atoms with van der Waals surface area (Å²) in [6, 6.07) is 0. The molecule has 0 saturated heterocycles. The molecule has 17 heavy (non-hydrogen) atoms. The number of nitrogens with one attached hydrogen (secondary N) is 1. The van der Waals surface area contributed by atoms with Crippen molar-refractivity contribution in [3.05, 3.63) is 0 Å². The first-order valence-corrected chi connectivity index (χ1v) is 5.67. The number of esters is 1. The van der Waals surface area contributed by atoms with Crippen LogP contribution in [0.25, 0.3) is 0 Å². The van der Waals surface area contributed by atoms with Gasteiger partial charge in [-0.1, -0.05) is 0 Å². The summed E-state index contributed by atoms with van der Waals surface area (Å²) < 4.78 is 4.88. The van der Waals surface area contributed by atoms with Crippen molar-refractivity contribution < 1.29 is 19.4 Å². The topological polar surface area (TPSA) is 102 Å². The highest BCUT2D eigenvalue weighted by molar-refractivity contribution is 5.82. The second kappa shape index (κ2) is 8.03. The van der Waals surface area contributed by atoms with E-state index in [1.807, 2.05) is 13.8 Å². The number of hydrogen-bond donors (Lipinski definition) is 3. The molecule has 6 nitrogen and oxygen atoms in total. The van der Waals surface area contributed by atoms with Crippen molar-refractivity contribution in [1.29, 1.82) is 0 Å². The van der Waals surface area contributed by atoms with Crippen LogP contribution in [0, 0.1) is 0 Å². The van der Waals surface area contributed by atoms with E-state index in [1.165, 1.54) is 0 Å². The zero-order valence-corrected chi connectivity index (χ0v) is 10.5. The summed E-state index contributed by atoms with van der Waals surface area (Å²) in [5.74, 6) is -1.09. The lowest BCUT2D eigenvalue weighted by atomic mass is 9.99. The maximum atomic E-state index is 11.1. The van der Waals surface area contributed by atoms with Crippen LogP contribution in [0.5, 0.6) is 0 Å². The molecular formula is C11H22N2O4. The van der Waals surface area contributed by atoms with E-state index in [2.05, 4.69) is 5.32 Å². The molecule has 0 aliphatic heterocycles. The summed E-state index contributed by atoms with van der Waals surface area (Å²) in [5, 5.41) is 10.6. The fourth-order valence-corrected chi connectivity index (χ4v) is 1.15. The fourth-order valence-electron chi connectivity index (χ4n) is 1.15. The van der Waals surface area contributed by atoms with Gasteiger partial charge in [0.05, 0.1) is 6.61 Å². The molecule has 1 amide bonds. The van der Waals surface area contributed by atoms with Gasteiger partial charge in [0.1, 0.15) is 13.2 Å². The van der Waals surface area contributed by atoms with Crippen molar-refractivity contribution in [2.24, 2.45) is 5.73 Å². The molecule has 0 rings (SSSR count). The molecular weight excluding hydrogens is 224 g/mol. The second-order valence-corrected chi connectivity index (χ2v) is 4.60. The van der Waals surface area contributed by atoms with Crippen molar-refractivity contribution in [1.82, 2.24) is 5.32 Å². The van der Waals surface area contributed by atoms with Crippen LogP contribution in [-0.2, 0) is 14.3 Å². The summed E-state index contributed by atoms with van der Waals surface area (Å²) in [4.78, 5) is 21.7. The Morgan fingerprint density at radius 2 is 2.00 bits per heavy atom. The Bertz CT molecular complexity index is 248. The highest BCUT2D eigenvalue weighted by Crippen LogP contribution is 2.08. The molecule has 0 aliphatic rings. The summed E-state index contributed by atoms with van der Waals surface area (Å²) in [6.45, 7) is 3.39. The maximum absolute atomic E-state index is 11.1. The number of aliphatic hydroxyl groups is 1. The van der Waals surface area contributed by atoms with Crippen molar-refractivity contribution in [3.8, 4) is 0 Å². The van der Waals surface area contributed by atoms with E-state index < -0.39 is 18.5 Å². The number of nitrogens with two attached hydrogens (primary N) is 1. The monoisotopic (exact) mass is 246 g/mol. The van der Waals surface area contributed by atoms with Crippen molar-refractivity contribution >= 4 is 11.9 Å². The van der Waals surface area contributed by atoms with Crippen LogP contribution in [0.3, 0.4) is 0 Å². The minimum atomic E-state index is -0.626. The molecule has 0 heterocycles. The Morgan fingerprint density at radius 3 is 2.53 bits per heavy atom. The zero-order chi connectivity index (χ0) is 13.3. The van der Waals surface area contributed by atoms with E-state index in [4.69, 9.17) is 15.6 Å². The van der Waals surface area contributed by atoms with Gasteiger partial charge < -0.3 is 20.9 Å². The predicted octanol–water partition coefficient (Wildman–Crippen LogP) is -0.454. The number of carbonyl (C=O) groups is 2. The summed E-state index contributed by atoms with van der Waals surface area (Å²) in [6.07, 6.45) is 2.51. The highest BCUT2D eigenvalue weighted by atomic mass is 16.5. The van der Waals surface area contributed by atoms with E-state index in [-0.39, 0.29) is 12.1 Å². The van der Waals surface area contributed by atoms with Gasteiger partial charge in [-0.05, 0) is 33.1 Å². The molecule has 0 aliphatic carbocycles. The van der Waals surface area contributed by atoms with E-state index in [0.29, 0.717) is 6.61 Å². The molecule has 0 radical (unpaired) electrons. The Kier molecular flexibility index (Phi) is 7.49. The Balaban J connectivity index is 3.43. The van der Waals surface area contributed by atoms with Gasteiger partial charge in [-0.2, -0.15) is 0 Å². The quantitative estimate of drug-likeness (QED) is 0.397. The van der Waals surface area contributed by atoms with Crippen LogP contribution >= 0.6 is 0 Å². The smallest absolute Gasteiger partial charge is 0.325 e. The lowest BCUT2D eigenvalue weighted by molar-refractivity contribution is -0.144. The first-order valence-electron chi connectivity index (χ1n) is 5.67. The average molecular weight is 246 g/mol. The lowest BCUT2D eigenvalue weighted by Crippen LogP contribution is -2.33. The third-order valence-corrected chi connectivity index (χ3v) is 2.05. The normalized spacial score (nSPS) is 11.1. The number of ether oxygens (including phenoxy) is 1. The van der Waals surface area contributed by atoms with Gasteiger partial charge in [-0.15, -0.1) is 0 Å². The van der Waals surface area contributed by atoms with Gasteiger partial charge in [0.25, 0.3) is 0 Å². The fraction of sp³-hybridized carbons (Fsp3) is 0.818. The maximum Gasteiger partial charge on any atom is 0.325 e. The minimum absolute atomic E-state index is 0.195. The zero-order valence-electron chi connectivity index (χ0n) is 10.5. The van der Waals surface area contributed by atoms with Crippen LogP contribution in [0.1, 0.15) is 33.1 Å². The predicted molar refractivity (Wildman–Crippen MR) is 63.2 cm³/mol. The summed E-state index contributed by atoms with van der Waals surface area (Å²) in [7, 11) is 0. The molecule has 0 saturated carbocycles. The molecule has 0 bridgehead atoms. The first-order chi connectivity index (χ1) is 7.85. The number of amides is 1. The van der Waals surface area contributed by atoms with E-state index >= 15 is 0 Å². The number of hydrogen-bond acceptors (Lipinski definition) is 5. The SMILES string of the molecule is CC(C)(N)CCCCOC(=O)CNC(=O)CO. The second-order valence-electron chi connectivity index (χ2n) is 4.60. The molecule has 100 valence electrons. The van der Waals surface area contributed by atoms with Gasteiger partial charge in [0.2, 0.25) is 5.91 Å². The Hall–Kier alpha value is -1.14. The van der Waals surface area contributed by atoms with Crippen LogP contribution in [0.15, 0.2) is 0 Å². The molecule has 0 spiro atoms. The minimum Gasteiger partial charge on any atom is -0.464 e. The first kappa shape index (κ1) is 15.9. The highest BCUT2D eigenvalue weighted by Gasteiger charge is 2.10. The lowest BCUT2D eigenvalue weighted by Gasteiger charge is -2.17. The van der Waals surface area contributed by atoms with Gasteiger partial charge >= 0.3 is 5.97 Å². The Labute approximate surface area is 102 Å². The largest absolute Gasteiger partial charge is 0.464 e. The molecule has 4 N–H and O–H groups in total. The number of rotatable bonds is 8. The number of carbonyl (C=O) groups excluding carboxylic acids is 2. The summed E-state index contributed by atoms with van der Waals surface area (Å²) >= 11 is 0. The van der Waals surface area contributed by atoms with Gasteiger partial charge in [-0.25, -0.2) is 0 Å². The van der Waals surface area contributed by atoms with Crippen LogP contribution in [0.4, 0.5) is 0 Å². The van der Waals surface area contributed by atoms with Crippen molar-refractivity contribution in [3.63, 3.8) is 0 Å². The van der Waals surface area contributed by atoms with Gasteiger partial charge in [-0.3, -0.25) is 9.59 Å². The number of aliphatic hydroxyl groups excluding tert-OH is 1. The molecule has 0 aromatic rings. The standard InChI is InChI=1S/C11H22N2O4/c1-11(2,12)5-3-4-6-17-10(16)7-13-9(15)8-14/h14H,3-8,12H2,1-2H3,(H,13,15). The third kappa shape index (κ3) is 11.1. The molecule has 0 fully saturated rings. The van der Waals surface area contributed by atoms with Crippen LogP contribution in [-0.4, -0.2) is 42.3 Å². The molecule has 0 aromatic heterocycles. The van der Waals surface area contributed by atoms with E-state index in [1.54, 1.807) is 0 Å². The van der Waals surface area contributed by atoms with E-state index in [9.17, 15) is 9.59 Å². The number of unbranched alkanes of at least 4 members (excludes halogenated alkanes) is 1. The van der Waals surface area contributed by atoms with Crippen LogP contribution < -0.4 is 11.1 Å². The molecule has 0 aromatic carbocycles. The van der Waals surface area contributed by atoms with E-state index in [0.717, 1.165) is 19.3 Å². The third-order valence-electron chi connectivity index (χ3n) is 2.05. The molecule has 6 heteroatoms. The average Bonchev–Trinajstić information content (AvgIpc) is 2.23. The van der Waals surface area contributed by atoms with Crippen molar-refractivity contribution in [2.75, 3.05) is 19.8 Å². The summed E-state index contributed by atoms with van der Waals surface area (Å²) in [5.41, 5.74) is 5.60. The van der Waals surface area contributed by atoms with Crippen LogP contribution in [0.2, 0.25) is 0 Å². The molecule has 0 atom stereocenters. The van der Waals surface area contributed by atoms with Gasteiger partial charge in [0.15, 0.2) is 0 Å². The molecule has 0 unspecified atom stereocenters.